The van der Waals surface area contributed by atoms with Gasteiger partial charge in [0.05, 0.1) is 27.8 Å². The van der Waals surface area contributed by atoms with Crippen molar-refractivity contribution in [3.63, 3.8) is 0 Å². The molecular formula is C69H41N5O. The minimum atomic E-state index is 0.554. The van der Waals surface area contributed by atoms with Crippen LogP contribution >= 0.6 is 0 Å². The van der Waals surface area contributed by atoms with Gasteiger partial charge in [-0.3, -0.25) is 0 Å². The maximum atomic E-state index is 7.26. The van der Waals surface area contributed by atoms with Gasteiger partial charge in [0.25, 0.3) is 0 Å². The molecule has 12 aromatic carbocycles. The maximum absolute atomic E-state index is 7.26. The Morgan fingerprint density at radius 2 is 0.840 bits per heavy atom. The molecule has 0 unspecified atom stereocenters. The van der Waals surface area contributed by atoms with Gasteiger partial charge in [-0.2, -0.15) is 0 Å². The van der Waals surface area contributed by atoms with E-state index in [-0.39, 0.29) is 0 Å². The van der Waals surface area contributed by atoms with Gasteiger partial charge in [-0.1, -0.05) is 182 Å². The van der Waals surface area contributed by atoms with Gasteiger partial charge in [0, 0.05) is 60.1 Å². The van der Waals surface area contributed by atoms with Crippen LogP contribution in [0.1, 0.15) is 0 Å². The van der Waals surface area contributed by atoms with Crippen molar-refractivity contribution >= 4 is 97.9 Å². The summed E-state index contributed by atoms with van der Waals surface area (Å²) in [5, 5.41) is 13.6. The van der Waals surface area contributed by atoms with Gasteiger partial charge < -0.3 is 13.6 Å². The largest absolute Gasteiger partial charge is 0.453 e. The van der Waals surface area contributed by atoms with Crippen molar-refractivity contribution in [2.75, 3.05) is 0 Å². The lowest BCUT2D eigenvalue weighted by molar-refractivity contribution is 0.670. The molecule has 0 aliphatic rings. The molecule has 4 heterocycles. The van der Waals surface area contributed by atoms with Crippen LogP contribution in [0, 0.1) is 0 Å². The number of furan rings is 1. The number of rotatable bonds is 6. The van der Waals surface area contributed by atoms with Crippen LogP contribution in [0.3, 0.4) is 0 Å². The molecule has 4 aromatic heterocycles. The van der Waals surface area contributed by atoms with Gasteiger partial charge in [0.15, 0.2) is 23.1 Å². The highest BCUT2D eigenvalue weighted by Crippen LogP contribution is 2.45. The molecule has 0 fully saturated rings. The molecular weight excluding hydrogens is 915 g/mol. The lowest BCUT2D eigenvalue weighted by Gasteiger charge is -2.13. The van der Waals surface area contributed by atoms with Crippen LogP contribution in [0.25, 0.3) is 155 Å². The van der Waals surface area contributed by atoms with Gasteiger partial charge in [-0.25, -0.2) is 15.0 Å². The molecule has 0 saturated heterocycles. The van der Waals surface area contributed by atoms with Crippen LogP contribution in [0.15, 0.2) is 253 Å². The Bertz CT molecular complexity index is 5010. The van der Waals surface area contributed by atoms with E-state index in [2.05, 4.69) is 252 Å². The van der Waals surface area contributed by atoms with Crippen LogP contribution < -0.4 is 0 Å². The lowest BCUT2D eigenvalue weighted by atomic mass is 10.0. The molecule has 0 radical (unpaired) electrons. The van der Waals surface area contributed by atoms with Gasteiger partial charge in [-0.15, -0.1) is 0 Å². The monoisotopic (exact) mass is 955 g/mol. The molecule has 0 atom stereocenters. The van der Waals surface area contributed by atoms with E-state index in [0.717, 1.165) is 105 Å². The zero-order chi connectivity index (χ0) is 49.1. The van der Waals surface area contributed by atoms with Crippen molar-refractivity contribution in [1.29, 1.82) is 0 Å². The second kappa shape index (κ2) is 16.2. The summed E-state index contributed by atoms with van der Waals surface area (Å²) in [4.78, 5) is 16.4. The first-order chi connectivity index (χ1) is 37.2. The predicted octanol–water partition coefficient (Wildman–Crippen LogP) is 18.1. The molecule has 0 spiro atoms. The average Bonchev–Trinajstić information content (AvgIpc) is 4.19. The van der Waals surface area contributed by atoms with Crippen molar-refractivity contribution < 1.29 is 4.42 Å². The summed E-state index contributed by atoms with van der Waals surface area (Å²) in [6.07, 6.45) is 0. The number of hydrogen-bond acceptors (Lipinski definition) is 4. The Hall–Kier alpha value is -10.2. The van der Waals surface area contributed by atoms with Crippen LogP contribution in [0.2, 0.25) is 0 Å². The fraction of sp³-hybridized carbons (Fsp3) is 0. The first kappa shape index (κ1) is 41.4. The summed E-state index contributed by atoms with van der Waals surface area (Å²) >= 11 is 0. The first-order valence-corrected chi connectivity index (χ1v) is 25.4. The molecule has 0 N–H and O–H groups in total. The summed E-state index contributed by atoms with van der Waals surface area (Å²) in [5.41, 5.74) is 12.8. The number of hydrogen-bond donors (Lipinski definition) is 0. The topological polar surface area (TPSA) is 61.7 Å². The van der Waals surface area contributed by atoms with E-state index < -0.39 is 0 Å². The van der Waals surface area contributed by atoms with E-state index in [0.29, 0.717) is 17.5 Å². The van der Waals surface area contributed by atoms with Crippen molar-refractivity contribution in [3.05, 3.63) is 249 Å². The number of benzene rings is 12. The second-order valence-corrected chi connectivity index (χ2v) is 19.5. The van der Waals surface area contributed by atoms with E-state index in [1.54, 1.807) is 0 Å². The normalized spacial score (nSPS) is 12.0. The third-order valence-electron chi connectivity index (χ3n) is 15.3. The Kier molecular flexibility index (Phi) is 8.94. The molecule has 16 rings (SSSR count). The standard InChI is InChI=1S/C69H41N5O/c1-3-16-42(17-4-1)45-22-15-23-48(36-45)67-70-68(49-31-33-55-54-28-13-14-29-59(54)73(61(55)40-49)51-24-5-2-6-25-51)72-69(71-67)50-38-57-56-34-30-44-19-10-12-27-53(44)65(56)75-66(57)63(41-50)74-60-35-32-43-18-9-11-26-52(43)64(60)58-37-46-20-7-8-21-47(46)39-62(58)74/h1-41H. The van der Waals surface area contributed by atoms with Crippen molar-refractivity contribution in [3.8, 4) is 56.7 Å². The summed E-state index contributed by atoms with van der Waals surface area (Å²) < 4.78 is 12.0. The molecule has 6 nitrogen and oxygen atoms in total. The fourth-order valence-corrected chi connectivity index (χ4v) is 11.8. The highest BCUT2D eigenvalue weighted by molar-refractivity contribution is 6.24. The smallest absolute Gasteiger partial charge is 0.164 e. The van der Waals surface area contributed by atoms with Gasteiger partial charge >= 0.3 is 0 Å². The molecule has 0 amide bonds. The van der Waals surface area contributed by atoms with E-state index >= 15 is 0 Å². The van der Waals surface area contributed by atoms with Crippen molar-refractivity contribution in [2.24, 2.45) is 0 Å². The molecule has 0 saturated carbocycles. The average molecular weight is 956 g/mol. The number of para-hydroxylation sites is 2. The molecule has 0 aliphatic carbocycles. The Morgan fingerprint density at radius 3 is 1.64 bits per heavy atom. The van der Waals surface area contributed by atoms with Gasteiger partial charge in [-0.05, 0) is 105 Å². The summed E-state index contributed by atoms with van der Waals surface area (Å²) in [6.45, 7) is 0. The Morgan fingerprint density at radius 1 is 0.267 bits per heavy atom. The number of fused-ring (bicyclic) bond motifs is 14. The minimum Gasteiger partial charge on any atom is -0.453 e. The summed E-state index contributed by atoms with van der Waals surface area (Å²) in [7, 11) is 0. The molecule has 0 bridgehead atoms. The van der Waals surface area contributed by atoms with Crippen molar-refractivity contribution in [1.82, 2.24) is 24.1 Å². The zero-order valence-corrected chi connectivity index (χ0v) is 40.3. The third kappa shape index (κ3) is 6.43. The minimum absolute atomic E-state index is 0.554. The lowest BCUT2D eigenvalue weighted by Crippen LogP contribution is -2.02. The number of nitrogens with zero attached hydrogens (tertiary/aromatic N) is 5. The highest BCUT2D eigenvalue weighted by atomic mass is 16.3. The van der Waals surface area contributed by atoms with Crippen LogP contribution in [-0.2, 0) is 0 Å². The fourth-order valence-electron chi connectivity index (χ4n) is 11.8. The van der Waals surface area contributed by atoms with Crippen LogP contribution in [0.4, 0.5) is 0 Å². The predicted molar refractivity (Wildman–Crippen MR) is 310 cm³/mol. The van der Waals surface area contributed by atoms with Crippen molar-refractivity contribution in [2.45, 2.75) is 0 Å². The second-order valence-electron chi connectivity index (χ2n) is 19.5. The van der Waals surface area contributed by atoms with Crippen LogP contribution in [0.5, 0.6) is 0 Å². The molecule has 0 aliphatic heterocycles. The first-order valence-electron chi connectivity index (χ1n) is 25.4. The highest BCUT2D eigenvalue weighted by Gasteiger charge is 2.24. The molecule has 6 heteroatoms. The summed E-state index contributed by atoms with van der Waals surface area (Å²) in [6, 6.07) is 88.6. The van der Waals surface area contributed by atoms with E-state index in [1.807, 2.05) is 6.07 Å². The zero-order valence-electron chi connectivity index (χ0n) is 40.3. The summed E-state index contributed by atoms with van der Waals surface area (Å²) in [5.74, 6) is 1.71. The quantitative estimate of drug-likeness (QED) is 0.167. The van der Waals surface area contributed by atoms with E-state index in [1.165, 1.54) is 32.3 Å². The molecule has 16 aromatic rings. The SMILES string of the molecule is c1ccc(-c2cccc(-c3nc(-c4cc(-n5c6cc7ccccc7cc6c6c7ccccc7ccc65)c5oc6c7ccccc7ccc6c5c4)nc(-c4ccc5c6ccccc6n(-c6ccccc6)c5c4)n3)c2)cc1. The number of aromatic nitrogens is 5. The Labute approximate surface area is 429 Å². The Balaban J connectivity index is 1.01. The van der Waals surface area contributed by atoms with E-state index in [9.17, 15) is 0 Å². The van der Waals surface area contributed by atoms with Gasteiger partial charge in [0.2, 0.25) is 0 Å². The van der Waals surface area contributed by atoms with Gasteiger partial charge in [0.1, 0.15) is 5.58 Å². The maximum Gasteiger partial charge on any atom is 0.164 e. The molecule has 348 valence electrons. The molecule has 75 heavy (non-hydrogen) atoms. The van der Waals surface area contributed by atoms with E-state index in [4.69, 9.17) is 19.4 Å². The third-order valence-corrected chi connectivity index (χ3v) is 15.3. The van der Waals surface area contributed by atoms with Crippen LogP contribution in [-0.4, -0.2) is 24.1 Å².